The maximum atomic E-state index is 12.5. The summed E-state index contributed by atoms with van der Waals surface area (Å²) in [4.78, 5) is 23.1. The molecule has 28 heavy (non-hydrogen) atoms. The van der Waals surface area contributed by atoms with Crippen molar-refractivity contribution in [2.45, 2.75) is 6.92 Å². The maximum Gasteiger partial charge on any atom is 0.188 e. The zero-order valence-electron chi connectivity index (χ0n) is 15.7. The molecule has 1 aliphatic heterocycles. The van der Waals surface area contributed by atoms with Crippen LogP contribution in [-0.2, 0) is 0 Å². The van der Waals surface area contributed by atoms with Crippen molar-refractivity contribution in [3.8, 4) is 10.4 Å². The molecule has 3 aromatic heterocycles. The van der Waals surface area contributed by atoms with Gasteiger partial charge in [0.2, 0.25) is 0 Å². The number of aromatic nitrogens is 4. The number of hydrogen-bond donors (Lipinski definition) is 1. The normalized spacial score (nSPS) is 15.0. The number of hydrogen-bond acceptors (Lipinski definition) is 8. The Hall–Kier alpha value is -2.65. The van der Waals surface area contributed by atoms with Crippen LogP contribution < -0.4 is 10.2 Å². The summed E-state index contributed by atoms with van der Waals surface area (Å²) < 4.78 is 12.5. The zero-order valence-corrected chi connectivity index (χ0v) is 16.5. The summed E-state index contributed by atoms with van der Waals surface area (Å²) in [7, 11) is 0. The Morgan fingerprint density at radius 1 is 1.18 bits per heavy atom. The number of rotatable bonds is 6. The highest BCUT2D eigenvalue weighted by Crippen LogP contribution is 2.30. The third-order valence-corrected chi connectivity index (χ3v) is 5.57. The van der Waals surface area contributed by atoms with E-state index in [1.165, 1.54) is 0 Å². The molecule has 0 aliphatic carbocycles. The van der Waals surface area contributed by atoms with Crippen molar-refractivity contribution in [1.82, 2.24) is 24.8 Å². The highest BCUT2D eigenvalue weighted by molar-refractivity contribution is 7.18. The van der Waals surface area contributed by atoms with Crippen molar-refractivity contribution in [1.29, 1.82) is 0 Å². The highest BCUT2D eigenvalue weighted by atomic mass is 32.1. The van der Waals surface area contributed by atoms with E-state index in [0.717, 1.165) is 53.4 Å². The number of halogens is 1. The van der Waals surface area contributed by atoms with Gasteiger partial charge in [-0.2, -0.15) is 0 Å². The number of nitrogens with one attached hydrogen (secondary N) is 1. The fourth-order valence-corrected chi connectivity index (χ4v) is 3.99. The van der Waals surface area contributed by atoms with Crippen LogP contribution in [0.1, 0.15) is 5.82 Å². The van der Waals surface area contributed by atoms with Crippen LogP contribution in [-0.4, -0.2) is 64.2 Å². The van der Waals surface area contributed by atoms with Gasteiger partial charge >= 0.3 is 0 Å². The lowest BCUT2D eigenvalue weighted by Gasteiger charge is -2.35. The molecule has 0 unspecified atom stereocenters. The minimum atomic E-state index is -0.296. The van der Waals surface area contributed by atoms with E-state index < -0.39 is 0 Å². The molecular weight excluding hydrogens is 377 g/mol. The zero-order chi connectivity index (χ0) is 19.3. The van der Waals surface area contributed by atoms with E-state index in [-0.39, 0.29) is 6.67 Å². The standard InChI is InChI=1S/C19H22FN7S/c1-14-23-17(11-18(24-14)27-9-7-26(6-4-20)8-10-27)25-19-22-13-16(28-19)15-3-2-5-21-12-15/h2-3,5,11-13H,4,6-10H2,1H3,(H,22,23,24,25). The summed E-state index contributed by atoms with van der Waals surface area (Å²) in [5, 5.41) is 4.07. The molecule has 9 heteroatoms. The fourth-order valence-electron chi connectivity index (χ4n) is 3.18. The molecule has 4 rings (SSSR count). The molecule has 1 aliphatic rings. The summed E-state index contributed by atoms with van der Waals surface area (Å²) >= 11 is 1.56. The molecule has 1 fully saturated rings. The predicted octanol–water partition coefficient (Wildman–Crippen LogP) is 3.14. The quantitative estimate of drug-likeness (QED) is 0.683. The molecule has 3 aromatic rings. The van der Waals surface area contributed by atoms with Gasteiger partial charge in [0, 0.05) is 62.9 Å². The van der Waals surface area contributed by atoms with Crippen molar-refractivity contribution in [3.05, 3.63) is 42.6 Å². The molecule has 0 radical (unpaired) electrons. The number of nitrogens with zero attached hydrogens (tertiary/aromatic N) is 6. The number of piperazine rings is 1. The molecule has 0 aromatic carbocycles. The van der Waals surface area contributed by atoms with Crippen molar-refractivity contribution >= 4 is 28.1 Å². The molecule has 0 saturated carbocycles. The largest absolute Gasteiger partial charge is 0.354 e. The molecule has 0 bridgehead atoms. The van der Waals surface area contributed by atoms with E-state index in [0.29, 0.717) is 12.4 Å². The molecule has 0 spiro atoms. The van der Waals surface area contributed by atoms with Crippen molar-refractivity contribution < 1.29 is 4.39 Å². The van der Waals surface area contributed by atoms with Crippen LogP contribution in [0.2, 0.25) is 0 Å². The fraction of sp³-hybridized carbons (Fsp3) is 0.368. The summed E-state index contributed by atoms with van der Waals surface area (Å²) in [6, 6.07) is 5.87. The van der Waals surface area contributed by atoms with Gasteiger partial charge in [0.1, 0.15) is 24.1 Å². The van der Waals surface area contributed by atoms with Crippen LogP contribution in [0.4, 0.5) is 21.2 Å². The van der Waals surface area contributed by atoms with Crippen LogP contribution in [0.5, 0.6) is 0 Å². The number of thiazole rings is 1. The summed E-state index contributed by atoms with van der Waals surface area (Å²) in [5.41, 5.74) is 1.04. The Bertz CT molecular complexity index is 910. The lowest BCUT2D eigenvalue weighted by Crippen LogP contribution is -2.47. The molecule has 1 N–H and O–H groups in total. The second kappa shape index (κ2) is 8.57. The van der Waals surface area contributed by atoms with Crippen LogP contribution in [0, 0.1) is 6.92 Å². The molecule has 1 saturated heterocycles. The van der Waals surface area contributed by atoms with Gasteiger partial charge in [-0.15, -0.1) is 0 Å². The Morgan fingerprint density at radius 2 is 2.04 bits per heavy atom. The molecule has 146 valence electrons. The number of anilines is 3. The molecular formula is C19H22FN7S. The van der Waals surface area contributed by atoms with Gasteiger partial charge in [0.25, 0.3) is 0 Å². The number of pyridine rings is 1. The topological polar surface area (TPSA) is 70.1 Å². The van der Waals surface area contributed by atoms with E-state index in [9.17, 15) is 4.39 Å². The van der Waals surface area contributed by atoms with Crippen LogP contribution in [0.25, 0.3) is 10.4 Å². The Labute approximate surface area is 167 Å². The first-order valence-electron chi connectivity index (χ1n) is 9.23. The average Bonchev–Trinajstić information content (AvgIpc) is 3.17. The van der Waals surface area contributed by atoms with E-state index >= 15 is 0 Å². The first kappa shape index (κ1) is 18.7. The van der Waals surface area contributed by atoms with Crippen molar-refractivity contribution in [2.75, 3.05) is 49.6 Å². The van der Waals surface area contributed by atoms with Crippen molar-refractivity contribution in [2.24, 2.45) is 0 Å². The smallest absolute Gasteiger partial charge is 0.188 e. The predicted molar refractivity (Wildman–Crippen MR) is 110 cm³/mol. The van der Waals surface area contributed by atoms with Gasteiger partial charge in [-0.05, 0) is 13.0 Å². The lowest BCUT2D eigenvalue weighted by molar-refractivity contribution is 0.235. The Kier molecular flexibility index (Phi) is 5.73. The molecule has 0 atom stereocenters. The monoisotopic (exact) mass is 399 g/mol. The number of aryl methyl sites for hydroxylation is 1. The maximum absolute atomic E-state index is 12.5. The van der Waals surface area contributed by atoms with E-state index in [1.54, 1.807) is 17.5 Å². The second-order valence-corrected chi connectivity index (χ2v) is 7.60. The van der Waals surface area contributed by atoms with Gasteiger partial charge < -0.3 is 10.2 Å². The van der Waals surface area contributed by atoms with Gasteiger partial charge in [-0.3, -0.25) is 9.88 Å². The van der Waals surface area contributed by atoms with Gasteiger partial charge in [0.15, 0.2) is 5.13 Å². The SMILES string of the molecule is Cc1nc(Nc2ncc(-c3cccnc3)s2)cc(N2CCN(CCF)CC2)n1. The molecule has 4 heterocycles. The van der Waals surface area contributed by atoms with Gasteiger partial charge in [-0.1, -0.05) is 17.4 Å². The summed E-state index contributed by atoms with van der Waals surface area (Å²) in [6.07, 6.45) is 5.42. The van der Waals surface area contributed by atoms with E-state index in [2.05, 4.69) is 35.1 Å². The summed E-state index contributed by atoms with van der Waals surface area (Å²) in [5.74, 6) is 2.31. The molecule has 7 nitrogen and oxygen atoms in total. The highest BCUT2D eigenvalue weighted by Gasteiger charge is 2.19. The minimum absolute atomic E-state index is 0.296. The minimum Gasteiger partial charge on any atom is -0.354 e. The first-order chi connectivity index (χ1) is 13.7. The third kappa shape index (κ3) is 4.42. The van der Waals surface area contributed by atoms with E-state index in [1.807, 2.05) is 37.5 Å². The average molecular weight is 399 g/mol. The Balaban J connectivity index is 1.47. The third-order valence-electron chi connectivity index (χ3n) is 4.61. The number of alkyl halides is 1. The van der Waals surface area contributed by atoms with Gasteiger partial charge in [-0.25, -0.2) is 19.3 Å². The van der Waals surface area contributed by atoms with E-state index in [4.69, 9.17) is 0 Å². The van der Waals surface area contributed by atoms with Crippen LogP contribution in [0.15, 0.2) is 36.8 Å². The summed E-state index contributed by atoms with van der Waals surface area (Å²) in [6.45, 7) is 5.45. The lowest BCUT2D eigenvalue weighted by atomic mass is 10.3. The second-order valence-electron chi connectivity index (χ2n) is 6.57. The van der Waals surface area contributed by atoms with Crippen LogP contribution in [0.3, 0.4) is 0 Å². The Morgan fingerprint density at radius 3 is 2.79 bits per heavy atom. The van der Waals surface area contributed by atoms with Crippen molar-refractivity contribution in [3.63, 3.8) is 0 Å². The molecule has 0 amide bonds. The van der Waals surface area contributed by atoms with Gasteiger partial charge in [0.05, 0.1) is 4.88 Å². The van der Waals surface area contributed by atoms with Crippen LogP contribution >= 0.6 is 11.3 Å². The first-order valence-corrected chi connectivity index (χ1v) is 10.0.